The zero-order valence-corrected chi connectivity index (χ0v) is 10.4. The van der Waals surface area contributed by atoms with E-state index in [2.05, 4.69) is 13.8 Å². The molecule has 0 saturated carbocycles. The predicted molar refractivity (Wildman–Crippen MR) is 65.8 cm³/mol. The quantitative estimate of drug-likeness (QED) is 0.817. The smallest absolute Gasteiger partial charge is 0.156 e. The highest BCUT2D eigenvalue weighted by atomic mass is 35.5. The molecule has 84 valence electrons. The van der Waals surface area contributed by atoms with E-state index in [0.29, 0.717) is 34.0 Å². The Morgan fingerprint density at radius 1 is 1.33 bits per heavy atom. The standard InChI is InChI=1S/C11H15Cl2NO/c1-3-7(2)6-15-11-9(12)4-8(14)5-10(11)13/h4-5,7H,3,6,14H2,1-2H3. The van der Waals surface area contributed by atoms with Gasteiger partial charge in [0, 0.05) is 5.69 Å². The number of ether oxygens (including phenoxy) is 1. The Morgan fingerprint density at radius 2 is 1.87 bits per heavy atom. The van der Waals surface area contributed by atoms with Gasteiger partial charge in [-0.2, -0.15) is 0 Å². The van der Waals surface area contributed by atoms with Crippen LogP contribution in [0.3, 0.4) is 0 Å². The number of halogens is 2. The Morgan fingerprint density at radius 3 is 2.33 bits per heavy atom. The first kappa shape index (κ1) is 12.5. The van der Waals surface area contributed by atoms with Crippen molar-refractivity contribution in [3.63, 3.8) is 0 Å². The minimum atomic E-state index is 0.461. The summed E-state index contributed by atoms with van der Waals surface area (Å²) in [5.74, 6) is 1.00. The number of hydrogen-bond donors (Lipinski definition) is 1. The van der Waals surface area contributed by atoms with Gasteiger partial charge in [0.05, 0.1) is 16.7 Å². The maximum absolute atomic E-state index is 5.97. The molecule has 0 fully saturated rings. The van der Waals surface area contributed by atoms with Crippen LogP contribution in [0.4, 0.5) is 5.69 Å². The molecule has 1 aromatic carbocycles. The van der Waals surface area contributed by atoms with Crippen LogP contribution in [0.5, 0.6) is 5.75 Å². The summed E-state index contributed by atoms with van der Waals surface area (Å²) < 4.78 is 5.56. The minimum absolute atomic E-state index is 0.461. The van der Waals surface area contributed by atoms with Crippen LogP contribution in [0.1, 0.15) is 20.3 Å². The molecule has 1 unspecified atom stereocenters. The molecule has 4 heteroatoms. The molecule has 0 heterocycles. The molecule has 0 aliphatic heterocycles. The molecular formula is C11H15Cl2NO. The Hall–Kier alpha value is -0.600. The second kappa shape index (κ2) is 5.47. The molecule has 0 aliphatic carbocycles. The molecule has 1 rings (SSSR count). The second-order valence-electron chi connectivity index (χ2n) is 3.64. The topological polar surface area (TPSA) is 35.2 Å². The largest absolute Gasteiger partial charge is 0.490 e. The number of anilines is 1. The van der Waals surface area contributed by atoms with Gasteiger partial charge in [-0.3, -0.25) is 0 Å². The molecule has 15 heavy (non-hydrogen) atoms. The van der Waals surface area contributed by atoms with E-state index in [0.717, 1.165) is 6.42 Å². The lowest BCUT2D eigenvalue weighted by Crippen LogP contribution is -2.08. The first-order valence-electron chi connectivity index (χ1n) is 4.92. The predicted octanol–water partition coefficient (Wildman–Crippen LogP) is 4.00. The van der Waals surface area contributed by atoms with Crippen LogP contribution in [-0.4, -0.2) is 6.61 Å². The highest BCUT2D eigenvalue weighted by molar-refractivity contribution is 6.37. The van der Waals surface area contributed by atoms with Crippen LogP contribution >= 0.6 is 23.2 Å². The van der Waals surface area contributed by atoms with Crippen molar-refractivity contribution in [1.82, 2.24) is 0 Å². The molecule has 1 aromatic rings. The summed E-state index contributed by atoms with van der Waals surface area (Å²) >= 11 is 11.9. The van der Waals surface area contributed by atoms with Crippen LogP contribution in [0.2, 0.25) is 10.0 Å². The number of nitrogen functional groups attached to an aromatic ring is 1. The number of benzene rings is 1. The molecule has 2 nitrogen and oxygen atoms in total. The monoisotopic (exact) mass is 247 g/mol. The van der Waals surface area contributed by atoms with E-state index in [4.69, 9.17) is 33.7 Å². The van der Waals surface area contributed by atoms with E-state index in [1.807, 2.05) is 0 Å². The lowest BCUT2D eigenvalue weighted by molar-refractivity contribution is 0.257. The fourth-order valence-electron chi connectivity index (χ4n) is 1.06. The molecule has 0 saturated heterocycles. The molecular weight excluding hydrogens is 233 g/mol. The number of nitrogens with two attached hydrogens (primary N) is 1. The van der Waals surface area contributed by atoms with Gasteiger partial charge in [0.2, 0.25) is 0 Å². The van der Waals surface area contributed by atoms with E-state index < -0.39 is 0 Å². The zero-order chi connectivity index (χ0) is 11.4. The van der Waals surface area contributed by atoms with E-state index >= 15 is 0 Å². The molecule has 1 atom stereocenters. The van der Waals surface area contributed by atoms with Gasteiger partial charge in [-0.15, -0.1) is 0 Å². The third-order valence-electron chi connectivity index (χ3n) is 2.23. The van der Waals surface area contributed by atoms with Gasteiger partial charge in [-0.05, 0) is 18.1 Å². The summed E-state index contributed by atoms with van der Waals surface area (Å²) in [6.45, 7) is 4.83. The minimum Gasteiger partial charge on any atom is -0.490 e. The number of hydrogen-bond acceptors (Lipinski definition) is 2. The van der Waals surface area contributed by atoms with Crippen molar-refractivity contribution in [2.24, 2.45) is 5.92 Å². The molecule has 0 aliphatic rings. The van der Waals surface area contributed by atoms with Gasteiger partial charge < -0.3 is 10.5 Å². The zero-order valence-electron chi connectivity index (χ0n) is 8.89. The molecule has 0 amide bonds. The number of rotatable bonds is 4. The summed E-state index contributed by atoms with van der Waals surface area (Å²) in [6, 6.07) is 3.28. The SMILES string of the molecule is CCC(C)COc1c(Cl)cc(N)cc1Cl. The van der Waals surface area contributed by atoms with E-state index in [1.54, 1.807) is 12.1 Å². The van der Waals surface area contributed by atoms with Crippen molar-refractivity contribution in [3.05, 3.63) is 22.2 Å². The van der Waals surface area contributed by atoms with Crippen molar-refractivity contribution in [2.75, 3.05) is 12.3 Å². The van der Waals surface area contributed by atoms with Gasteiger partial charge in [-0.25, -0.2) is 0 Å². The lowest BCUT2D eigenvalue weighted by Gasteiger charge is -2.13. The lowest BCUT2D eigenvalue weighted by atomic mass is 10.1. The maximum Gasteiger partial charge on any atom is 0.156 e. The highest BCUT2D eigenvalue weighted by Crippen LogP contribution is 2.35. The third-order valence-corrected chi connectivity index (χ3v) is 2.79. The molecule has 0 spiro atoms. The van der Waals surface area contributed by atoms with E-state index in [-0.39, 0.29) is 0 Å². The normalized spacial score (nSPS) is 12.5. The second-order valence-corrected chi connectivity index (χ2v) is 4.45. The first-order valence-corrected chi connectivity index (χ1v) is 5.67. The fraction of sp³-hybridized carbons (Fsp3) is 0.455. The van der Waals surface area contributed by atoms with Crippen molar-refractivity contribution >= 4 is 28.9 Å². The maximum atomic E-state index is 5.97. The average Bonchev–Trinajstić information content (AvgIpc) is 2.15. The molecule has 0 bridgehead atoms. The van der Waals surface area contributed by atoms with Crippen LogP contribution < -0.4 is 10.5 Å². The van der Waals surface area contributed by atoms with Gasteiger partial charge in [0.25, 0.3) is 0 Å². The molecule has 0 radical (unpaired) electrons. The first-order chi connectivity index (χ1) is 7.04. The van der Waals surface area contributed by atoms with Crippen LogP contribution in [0.25, 0.3) is 0 Å². The Kier molecular flexibility index (Phi) is 4.55. The van der Waals surface area contributed by atoms with E-state index in [9.17, 15) is 0 Å². The van der Waals surface area contributed by atoms with Gasteiger partial charge in [0.15, 0.2) is 5.75 Å². The molecule has 2 N–H and O–H groups in total. The van der Waals surface area contributed by atoms with E-state index in [1.165, 1.54) is 0 Å². The van der Waals surface area contributed by atoms with Crippen molar-refractivity contribution in [3.8, 4) is 5.75 Å². The van der Waals surface area contributed by atoms with Crippen LogP contribution in [-0.2, 0) is 0 Å². The summed E-state index contributed by atoms with van der Waals surface area (Å²) in [7, 11) is 0. The Labute approximate surface area is 100 Å². The van der Waals surface area contributed by atoms with Crippen molar-refractivity contribution < 1.29 is 4.74 Å². The van der Waals surface area contributed by atoms with Gasteiger partial charge in [-0.1, -0.05) is 43.5 Å². The summed E-state index contributed by atoms with van der Waals surface area (Å²) in [6.07, 6.45) is 1.06. The molecule has 0 aromatic heterocycles. The Bertz CT molecular complexity index is 318. The van der Waals surface area contributed by atoms with Gasteiger partial charge in [0.1, 0.15) is 0 Å². The highest BCUT2D eigenvalue weighted by Gasteiger charge is 2.09. The third kappa shape index (κ3) is 3.47. The van der Waals surface area contributed by atoms with Crippen molar-refractivity contribution in [1.29, 1.82) is 0 Å². The fourth-order valence-corrected chi connectivity index (χ4v) is 1.67. The van der Waals surface area contributed by atoms with Gasteiger partial charge >= 0.3 is 0 Å². The van der Waals surface area contributed by atoms with Crippen molar-refractivity contribution in [2.45, 2.75) is 20.3 Å². The van der Waals surface area contributed by atoms with Crippen LogP contribution in [0, 0.1) is 5.92 Å². The average molecular weight is 248 g/mol. The summed E-state index contributed by atoms with van der Waals surface area (Å²) in [4.78, 5) is 0. The van der Waals surface area contributed by atoms with Crippen LogP contribution in [0.15, 0.2) is 12.1 Å². The Balaban J connectivity index is 2.77. The summed E-state index contributed by atoms with van der Waals surface area (Å²) in [5.41, 5.74) is 6.13. The summed E-state index contributed by atoms with van der Waals surface area (Å²) in [5, 5.41) is 0.923.